The van der Waals surface area contributed by atoms with Crippen LogP contribution in [0.5, 0.6) is 0 Å². The normalized spacial score (nSPS) is 13.7. The molecule has 0 atom stereocenters. The van der Waals surface area contributed by atoms with E-state index < -0.39 is 0 Å². The molecular formula is C23H21N5O. The summed E-state index contributed by atoms with van der Waals surface area (Å²) in [5.41, 5.74) is 3.39. The predicted molar refractivity (Wildman–Crippen MR) is 116 cm³/mol. The van der Waals surface area contributed by atoms with Gasteiger partial charge in [-0.1, -0.05) is 18.2 Å². The number of nitrogens with one attached hydrogen (secondary N) is 1. The fourth-order valence-electron chi connectivity index (χ4n) is 3.77. The molecule has 0 aliphatic carbocycles. The summed E-state index contributed by atoms with van der Waals surface area (Å²) in [5.74, 6) is 0.460. The van der Waals surface area contributed by atoms with E-state index in [1.807, 2.05) is 42.5 Å². The van der Waals surface area contributed by atoms with Crippen LogP contribution in [0.25, 0.3) is 16.7 Å². The van der Waals surface area contributed by atoms with Gasteiger partial charge in [-0.3, -0.25) is 9.36 Å². The Morgan fingerprint density at radius 1 is 0.828 bits per heavy atom. The van der Waals surface area contributed by atoms with Crippen molar-refractivity contribution in [2.75, 3.05) is 23.3 Å². The molecule has 1 fully saturated rings. The van der Waals surface area contributed by atoms with E-state index in [0.717, 1.165) is 29.9 Å². The lowest BCUT2D eigenvalue weighted by atomic mass is 10.2. The van der Waals surface area contributed by atoms with Crippen molar-refractivity contribution in [3.05, 3.63) is 83.3 Å². The number of nitrogens with zero attached hydrogens (tertiary/aromatic N) is 4. The molecule has 1 aliphatic rings. The summed E-state index contributed by atoms with van der Waals surface area (Å²) in [6.45, 7) is 2.25. The number of para-hydroxylation sites is 1. The lowest BCUT2D eigenvalue weighted by molar-refractivity contribution is 0.949. The molecule has 2 aromatic carbocycles. The van der Waals surface area contributed by atoms with Gasteiger partial charge in [0, 0.05) is 42.1 Å². The van der Waals surface area contributed by atoms with Crippen LogP contribution in [-0.2, 0) is 0 Å². The Balaban J connectivity index is 1.49. The predicted octanol–water partition coefficient (Wildman–Crippen LogP) is 4.12. The highest BCUT2D eigenvalue weighted by Crippen LogP contribution is 2.23. The molecule has 29 heavy (non-hydrogen) atoms. The van der Waals surface area contributed by atoms with Crippen molar-refractivity contribution in [2.45, 2.75) is 12.8 Å². The maximum Gasteiger partial charge on any atom is 0.256 e. The van der Waals surface area contributed by atoms with E-state index in [2.05, 4.69) is 32.3 Å². The van der Waals surface area contributed by atoms with Gasteiger partial charge in [-0.2, -0.15) is 4.98 Å². The van der Waals surface area contributed by atoms with Crippen molar-refractivity contribution < 1.29 is 0 Å². The van der Waals surface area contributed by atoms with Crippen LogP contribution >= 0.6 is 0 Å². The molecule has 6 heteroatoms. The van der Waals surface area contributed by atoms with Crippen molar-refractivity contribution in [1.29, 1.82) is 0 Å². The molecule has 2 aromatic heterocycles. The maximum absolute atomic E-state index is 12.5. The number of rotatable bonds is 4. The first-order valence-corrected chi connectivity index (χ1v) is 9.84. The molecule has 4 aromatic rings. The molecule has 0 amide bonds. The Hall–Kier alpha value is -3.67. The average Bonchev–Trinajstić information content (AvgIpc) is 3.30. The lowest BCUT2D eigenvalue weighted by Gasteiger charge is -2.17. The Kier molecular flexibility index (Phi) is 4.44. The summed E-state index contributed by atoms with van der Waals surface area (Å²) >= 11 is 0. The maximum atomic E-state index is 12.5. The van der Waals surface area contributed by atoms with E-state index in [-0.39, 0.29) is 5.56 Å². The van der Waals surface area contributed by atoms with Gasteiger partial charge >= 0.3 is 0 Å². The van der Waals surface area contributed by atoms with Gasteiger partial charge in [0.1, 0.15) is 0 Å². The van der Waals surface area contributed by atoms with E-state index in [4.69, 9.17) is 0 Å². The lowest BCUT2D eigenvalue weighted by Crippen LogP contribution is -2.18. The van der Waals surface area contributed by atoms with E-state index in [1.54, 1.807) is 22.9 Å². The molecule has 3 heterocycles. The third kappa shape index (κ3) is 3.45. The number of benzene rings is 2. The summed E-state index contributed by atoms with van der Waals surface area (Å²) in [4.78, 5) is 24.0. The molecule has 0 unspecified atom stereocenters. The summed E-state index contributed by atoms with van der Waals surface area (Å²) in [6, 6.07) is 21.1. The molecule has 0 bridgehead atoms. The Morgan fingerprint density at radius 2 is 1.59 bits per heavy atom. The van der Waals surface area contributed by atoms with Gasteiger partial charge in [0.2, 0.25) is 5.95 Å². The van der Waals surface area contributed by atoms with Gasteiger partial charge in [0.25, 0.3) is 5.56 Å². The highest BCUT2D eigenvalue weighted by Gasteiger charge is 2.12. The molecule has 6 nitrogen and oxygen atoms in total. The zero-order chi connectivity index (χ0) is 19.6. The number of anilines is 3. The van der Waals surface area contributed by atoms with Gasteiger partial charge in [0.05, 0.1) is 5.69 Å². The highest BCUT2D eigenvalue weighted by atomic mass is 16.1. The Labute approximate surface area is 168 Å². The Morgan fingerprint density at radius 3 is 2.34 bits per heavy atom. The van der Waals surface area contributed by atoms with Crippen molar-refractivity contribution in [1.82, 2.24) is 14.5 Å². The van der Waals surface area contributed by atoms with Crippen molar-refractivity contribution in [3.63, 3.8) is 0 Å². The van der Waals surface area contributed by atoms with Crippen molar-refractivity contribution >= 4 is 28.4 Å². The average molecular weight is 383 g/mol. The molecule has 5 rings (SSSR count). The third-order valence-electron chi connectivity index (χ3n) is 5.24. The van der Waals surface area contributed by atoms with Gasteiger partial charge in [0.15, 0.2) is 5.65 Å². The monoisotopic (exact) mass is 383 g/mol. The molecular weight excluding hydrogens is 362 g/mol. The second-order valence-corrected chi connectivity index (χ2v) is 7.18. The minimum Gasteiger partial charge on any atom is -0.372 e. The van der Waals surface area contributed by atoms with Crippen LogP contribution in [0.4, 0.5) is 17.3 Å². The fraction of sp³-hybridized carbons (Fsp3) is 0.174. The molecule has 1 aliphatic heterocycles. The first-order chi connectivity index (χ1) is 14.3. The van der Waals surface area contributed by atoms with Crippen LogP contribution in [0.2, 0.25) is 0 Å². The minimum atomic E-state index is -0.122. The first-order valence-electron chi connectivity index (χ1n) is 9.84. The number of hydrogen-bond donors (Lipinski definition) is 1. The van der Waals surface area contributed by atoms with Gasteiger partial charge in [-0.05, 0) is 55.3 Å². The smallest absolute Gasteiger partial charge is 0.256 e. The van der Waals surface area contributed by atoms with Crippen LogP contribution in [0.15, 0.2) is 77.7 Å². The standard InChI is InChI=1S/C23H21N5O/c29-21-13-8-17-16-24-23(26-22(17)28(21)20-6-2-1-3-7-20)25-18-9-11-19(12-10-18)27-14-4-5-15-27/h1-3,6-13,16H,4-5,14-15H2,(H,24,25,26). The van der Waals surface area contributed by atoms with Crippen LogP contribution in [-0.4, -0.2) is 27.6 Å². The number of hydrogen-bond acceptors (Lipinski definition) is 5. The van der Waals surface area contributed by atoms with E-state index >= 15 is 0 Å². The SMILES string of the molecule is O=c1ccc2cnc(Nc3ccc(N4CCCC4)cc3)nc2n1-c1ccccc1. The largest absolute Gasteiger partial charge is 0.372 e. The van der Waals surface area contributed by atoms with Crippen LogP contribution in [0.3, 0.4) is 0 Å². The van der Waals surface area contributed by atoms with Gasteiger partial charge in [-0.15, -0.1) is 0 Å². The number of pyridine rings is 1. The molecule has 0 saturated carbocycles. The quantitative estimate of drug-likeness (QED) is 0.574. The van der Waals surface area contributed by atoms with E-state index in [1.165, 1.54) is 18.5 Å². The van der Waals surface area contributed by atoms with Gasteiger partial charge < -0.3 is 10.2 Å². The van der Waals surface area contributed by atoms with E-state index in [9.17, 15) is 4.79 Å². The molecule has 144 valence electrons. The highest BCUT2D eigenvalue weighted by molar-refractivity contribution is 5.77. The topological polar surface area (TPSA) is 63.1 Å². The van der Waals surface area contributed by atoms with Crippen molar-refractivity contribution in [3.8, 4) is 5.69 Å². The third-order valence-corrected chi connectivity index (χ3v) is 5.24. The Bertz CT molecular complexity index is 1200. The summed E-state index contributed by atoms with van der Waals surface area (Å²) in [5, 5.41) is 4.06. The second kappa shape index (κ2) is 7.39. The summed E-state index contributed by atoms with van der Waals surface area (Å²) in [7, 11) is 0. The van der Waals surface area contributed by atoms with Crippen molar-refractivity contribution in [2.24, 2.45) is 0 Å². The minimum absolute atomic E-state index is 0.122. The first kappa shape index (κ1) is 17.4. The fourth-order valence-corrected chi connectivity index (χ4v) is 3.77. The summed E-state index contributed by atoms with van der Waals surface area (Å²) in [6.07, 6.45) is 4.25. The second-order valence-electron chi connectivity index (χ2n) is 7.18. The molecule has 0 spiro atoms. The zero-order valence-electron chi connectivity index (χ0n) is 16.0. The van der Waals surface area contributed by atoms with Crippen LogP contribution < -0.4 is 15.8 Å². The number of fused-ring (bicyclic) bond motifs is 1. The van der Waals surface area contributed by atoms with Crippen LogP contribution in [0, 0.1) is 0 Å². The van der Waals surface area contributed by atoms with Crippen LogP contribution in [0.1, 0.15) is 12.8 Å². The van der Waals surface area contributed by atoms with Gasteiger partial charge in [-0.25, -0.2) is 4.98 Å². The van der Waals surface area contributed by atoms with E-state index in [0.29, 0.717) is 11.6 Å². The molecule has 0 radical (unpaired) electrons. The zero-order valence-corrected chi connectivity index (χ0v) is 16.0. The summed E-state index contributed by atoms with van der Waals surface area (Å²) < 4.78 is 1.61. The molecule has 1 saturated heterocycles. The molecule has 1 N–H and O–H groups in total. The number of aromatic nitrogens is 3.